The number of rotatable bonds is 6. The zero-order chi connectivity index (χ0) is 17.1. The van der Waals surface area contributed by atoms with Crippen molar-refractivity contribution < 1.29 is 14.3 Å². The molecule has 1 aromatic carbocycles. The molecule has 0 spiro atoms. The van der Waals surface area contributed by atoms with Crippen LogP contribution in [0.2, 0.25) is 0 Å². The number of methoxy groups -OCH3 is 1. The number of nitrogens with zero attached hydrogens (tertiary/aromatic N) is 1. The first-order chi connectivity index (χ1) is 11.6. The minimum atomic E-state index is 0.0307. The van der Waals surface area contributed by atoms with Gasteiger partial charge in [-0.15, -0.1) is 0 Å². The zero-order valence-electron chi connectivity index (χ0n) is 14.7. The van der Waals surface area contributed by atoms with Crippen LogP contribution in [0, 0.1) is 13.8 Å². The van der Waals surface area contributed by atoms with Crippen LogP contribution in [0.4, 0.5) is 0 Å². The molecule has 1 saturated carbocycles. The maximum atomic E-state index is 12.6. The molecule has 0 unspecified atom stereocenters. The molecular formula is C20H25NO3. The van der Waals surface area contributed by atoms with Gasteiger partial charge in [0.15, 0.2) is 6.61 Å². The van der Waals surface area contributed by atoms with Crippen LogP contribution >= 0.6 is 0 Å². The quantitative estimate of drug-likeness (QED) is 0.734. The summed E-state index contributed by atoms with van der Waals surface area (Å²) in [4.78, 5) is 12.6. The second kappa shape index (κ2) is 7.12. The molecule has 0 atom stereocenters. The van der Waals surface area contributed by atoms with E-state index in [-0.39, 0.29) is 12.4 Å². The van der Waals surface area contributed by atoms with Gasteiger partial charge in [-0.3, -0.25) is 4.79 Å². The molecule has 1 aliphatic carbocycles. The van der Waals surface area contributed by atoms with Crippen molar-refractivity contribution in [3.8, 4) is 11.5 Å². The SMILES string of the molecule is COc1ccc(OCC(=O)c2cc(C)n(C3CCCC3)c2C)cc1. The van der Waals surface area contributed by atoms with Gasteiger partial charge < -0.3 is 14.0 Å². The van der Waals surface area contributed by atoms with E-state index < -0.39 is 0 Å². The van der Waals surface area contributed by atoms with E-state index in [4.69, 9.17) is 9.47 Å². The third-order valence-corrected chi connectivity index (χ3v) is 4.90. The predicted molar refractivity (Wildman–Crippen MR) is 94.2 cm³/mol. The molecule has 0 amide bonds. The van der Waals surface area contributed by atoms with E-state index in [9.17, 15) is 4.79 Å². The molecular weight excluding hydrogens is 302 g/mol. The van der Waals surface area contributed by atoms with Gasteiger partial charge >= 0.3 is 0 Å². The fraction of sp³-hybridized carbons (Fsp3) is 0.450. The maximum absolute atomic E-state index is 12.6. The summed E-state index contributed by atoms with van der Waals surface area (Å²) in [5.74, 6) is 1.48. The molecule has 0 bridgehead atoms. The minimum Gasteiger partial charge on any atom is -0.497 e. The molecule has 0 saturated heterocycles. The number of aromatic nitrogens is 1. The third-order valence-electron chi connectivity index (χ3n) is 4.90. The molecule has 0 radical (unpaired) electrons. The summed E-state index contributed by atoms with van der Waals surface area (Å²) in [7, 11) is 1.62. The van der Waals surface area contributed by atoms with Crippen LogP contribution in [0.15, 0.2) is 30.3 Å². The van der Waals surface area contributed by atoms with Crippen molar-refractivity contribution in [2.75, 3.05) is 13.7 Å². The van der Waals surface area contributed by atoms with Crippen molar-refractivity contribution >= 4 is 5.78 Å². The Kier molecular flexibility index (Phi) is 4.93. The second-order valence-corrected chi connectivity index (χ2v) is 6.48. The van der Waals surface area contributed by atoms with E-state index >= 15 is 0 Å². The highest BCUT2D eigenvalue weighted by molar-refractivity contribution is 5.98. The van der Waals surface area contributed by atoms with Crippen LogP contribution in [-0.4, -0.2) is 24.1 Å². The van der Waals surface area contributed by atoms with Crippen LogP contribution in [0.1, 0.15) is 53.5 Å². The Hall–Kier alpha value is -2.23. The fourth-order valence-corrected chi connectivity index (χ4v) is 3.68. The number of ether oxygens (including phenoxy) is 2. The van der Waals surface area contributed by atoms with Crippen molar-refractivity contribution in [3.05, 3.63) is 47.3 Å². The predicted octanol–water partition coefficient (Wildman–Crippen LogP) is 4.49. The first-order valence-corrected chi connectivity index (χ1v) is 8.58. The second-order valence-electron chi connectivity index (χ2n) is 6.48. The summed E-state index contributed by atoms with van der Waals surface area (Å²) >= 11 is 0. The number of Topliss-reactive ketones (excluding diaryl/α,β-unsaturated/α-hetero) is 1. The number of hydrogen-bond acceptors (Lipinski definition) is 3. The van der Waals surface area contributed by atoms with Crippen LogP contribution < -0.4 is 9.47 Å². The van der Waals surface area contributed by atoms with Crippen LogP contribution in [0.25, 0.3) is 0 Å². The lowest BCUT2D eigenvalue weighted by atomic mass is 10.1. The van der Waals surface area contributed by atoms with Crippen molar-refractivity contribution in [1.82, 2.24) is 4.57 Å². The summed E-state index contributed by atoms with van der Waals surface area (Å²) in [6.45, 7) is 4.19. The Bertz CT molecular complexity index is 709. The lowest BCUT2D eigenvalue weighted by molar-refractivity contribution is 0.0920. The molecule has 1 fully saturated rings. The molecule has 0 aliphatic heterocycles. The number of ketones is 1. The number of hydrogen-bond donors (Lipinski definition) is 0. The third kappa shape index (κ3) is 3.32. The summed E-state index contributed by atoms with van der Waals surface area (Å²) in [6.07, 6.45) is 5.00. The minimum absolute atomic E-state index is 0.0307. The summed E-state index contributed by atoms with van der Waals surface area (Å²) in [5, 5.41) is 0. The Morgan fingerprint density at radius 3 is 2.38 bits per heavy atom. The van der Waals surface area contributed by atoms with Gasteiger partial charge in [0.2, 0.25) is 5.78 Å². The number of benzene rings is 1. The van der Waals surface area contributed by atoms with Gasteiger partial charge in [-0.25, -0.2) is 0 Å². The van der Waals surface area contributed by atoms with E-state index in [1.165, 1.54) is 31.4 Å². The highest BCUT2D eigenvalue weighted by Crippen LogP contribution is 2.33. The highest BCUT2D eigenvalue weighted by atomic mass is 16.5. The van der Waals surface area contributed by atoms with Crippen molar-refractivity contribution in [2.45, 2.75) is 45.6 Å². The maximum Gasteiger partial charge on any atom is 0.202 e. The molecule has 24 heavy (non-hydrogen) atoms. The number of carbonyl (C=O) groups excluding carboxylic acids is 1. The molecule has 128 valence electrons. The van der Waals surface area contributed by atoms with Gasteiger partial charge in [-0.1, -0.05) is 12.8 Å². The molecule has 1 aromatic heterocycles. The molecule has 2 aromatic rings. The standard InChI is InChI=1S/C20H25NO3/c1-14-12-19(15(2)21(14)16-6-4-5-7-16)20(22)13-24-18-10-8-17(23-3)9-11-18/h8-12,16H,4-7,13H2,1-3H3. The van der Waals surface area contributed by atoms with Gasteiger partial charge in [0.25, 0.3) is 0 Å². The molecule has 4 nitrogen and oxygen atoms in total. The van der Waals surface area contributed by atoms with Crippen molar-refractivity contribution in [2.24, 2.45) is 0 Å². The Morgan fingerprint density at radius 2 is 1.75 bits per heavy atom. The average molecular weight is 327 g/mol. The smallest absolute Gasteiger partial charge is 0.202 e. The number of carbonyl (C=O) groups is 1. The summed E-state index contributed by atoms with van der Waals surface area (Å²) in [5.41, 5.74) is 3.03. The van der Waals surface area contributed by atoms with Crippen LogP contribution in [0.3, 0.4) is 0 Å². The molecule has 4 heteroatoms. The van der Waals surface area contributed by atoms with Gasteiger partial charge in [0.05, 0.1) is 7.11 Å². The normalized spacial score (nSPS) is 14.8. The Morgan fingerprint density at radius 1 is 1.12 bits per heavy atom. The van der Waals surface area contributed by atoms with Gasteiger partial charge in [-0.05, 0) is 57.0 Å². The monoisotopic (exact) mass is 327 g/mol. The summed E-state index contributed by atoms with van der Waals surface area (Å²) in [6, 6.07) is 9.83. The highest BCUT2D eigenvalue weighted by Gasteiger charge is 2.23. The van der Waals surface area contributed by atoms with Crippen LogP contribution in [-0.2, 0) is 0 Å². The lowest BCUT2D eigenvalue weighted by Crippen LogP contribution is -2.14. The Labute approximate surface area is 143 Å². The van der Waals surface area contributed by atoms with Gasteiger partial charge in [-0.2, -0.15) is 0 Å². The average Bonchev–Trinajstić information content (AvgIpc) is 3.21. The Balaban J connectivity index is 1.69. The summed E-state index contributed by atoms with van der Waals surface area (Å²) < 4.78 is 13.1. The van der Waals surface area contributed by atoms with E-state index in [2.05, 4.69) is 11.5 Å². The molecule has 0 N–H and O–H groups in total. The van der Waals surface area contributed by atoms with Crippen LogP contribution in [0.5, 0.6) is 11.5 Å². The van der Waals surface area contributed by atoms with Crippen molar-refractivity contribution in [1.29, 1.82) is 0 Å². The molecule has 1 heterocycles. The lowest BCUT2D eigenvalue weighted by Gasteiger charge is -2.17. The van der Waals surface area contributed by atoms with E-state index in [1.807, 2.05) is 37.3 Å². The zero-order valence-corrected chi connectivity index (χ0v) is 14.7. The van der Waals surface area contributed by atoms with Gasteiger partial charge in [0.1, 0.15) is 11.5 Å². The van der Waals surface area contributed by atoms with E-state index in [0.29, 0.717) is 11.8 Å². The topological polar surface area (TPSA) is 40.5 Å². The van der Waals surface area contributed by atoms with Gasteiger partial charge in [0, 0.05) is 23.0 Å². The first-order valence-electron chi connectivity index (χ1n) is 8.58. The largest absolute Gasteiger partial charge is 0.497 e. The molecule has 3 rings (SSSR count). The van der Waals surface area contributed by atoms with Crippen molar-refractivity contribution in [3.63, 3.8) is 0 Å². The molecule has 1 aliphatic rings. The number of aryl methyl sites for hydroxylation is 1. The van der Waals surface area contributed by atoms with E-state index in [1.54, 1.807) is 7.11 Å². The fourth-order valence-electron chi connectivity index (χ4n) is 3.68. The first kappa shape index (κ1) is 16.6. The van der Waals surface area contributed by atoms with E-state index in [0.717, 1.165) is 17.0 Å².